The number of carbonyl (C=O) groups is 2. The molecule has 0 spiro atoms. The van der Waals surface area contributed by atoms with E-state index in [4.69, 9.17) is 5.73 Å². The summed E-state index contributed by atoms with van der Waals surface area (Å²) in [5.41, 5.74) is 8.01. The second-order valence-corrected chi connectivity index (χ2v) is 6.69. The zero-order valence-electron chi connectivity index (χ0n) is 14.5. The van der Waals surface area contributed by atoms with Crippen molar-refractivity contribution in [3.8, 4) is 0 Å². The van der Waals surface area contributed by atoms with Gasteiger partial charge in [0.05, 0.1) is 6.04 Å². The van der Waals surface area contributed by atoms with E-state index in [9.17, 15) is 9.59 Å². The molecule has 0 bridgehead atoms. The molecule has 2 amide bonds. The Labute approximate surface area is 150 Å². The Hall–Kier alpha value is -1.59. The molecule has 1 aromatic rings. The fraction of sp³-hybridized carbons (Fsp3) is 0.556. The predicted molar refractivity (Wildman–Crippen MR) is 97.6 cm³/mol. The number of likely N-dealkylation sites (tertiary alicyclic amines) is 1. The van der Waals surface area contributed by atoms with Crippen molar-refractivity contribution in [2.75, 3.05) is 6.54 Å². The van der Waals surface area contributed by atoms with Crippen molar-refractivity contribution in [3.63, 3.8) is 0 Å². The lowest BCUT2D eigenvalue weighted by Crippen LogP contribution is -2.41. The summed E-state index contributed by atoms with van der Waals surface area (Å²) >= 11 is 0. The minimum atomic E-state index is -0.449. The van der Waals surface area contributed by atoms with Crippen molar-refractivity contribution in [1.82, 2.24) is 10.2 Å². The SMILES string of the molecule is CC(C)C[C@H](N)C(=O)NCc1ccc(CN2CCCC2=O)cc1.Cl. The highest BCUT2D eigenvalue weighted by Gasteiger charge is 2.19. The predicted octanol–water partition coefficient (Wildman–Crippen LogP) is 2.22. The van der Waals surface area contributed by atoms with E-state index in [1.165, 1.54) is 0 Å². The Morgan fingerprint density at radius 3 is 2.42 bits per heavy atom. The van der Waals surface area contributed by atoms with Gasteiger partial charge < -0.3 is 16.0 Å². The molecule has 5 nitrogen and oxygen atoms in total. The summed E-state index contributed by atoms with van der Waals surface area (Å²) in [6.07, 6.45) is 2.31. The molecular formula is C18H28ClN3O2. The van der Waals surface area contributed by atoms with Crippen LogP contribution in [0.15, 0.2) is 24.3 Å². The van der Waals surface area contributed by atoms with E-state index in [1.54, 1.807) is 0 Å². The first-order valence-electron chi connectivity index (χ1n) is 8.34. The number of benzene rings is 1. The van der Waals surface area contributed by atoms with Crippen molar-refractivity contribution >= 4 is 24.2 Å². The average Bonchev–Trinajstić information content (AvgIpc) is 2.90. The van der Waals surface area contributed by atoms with Crippen LogP contribution in [0.1, 0.15) is 44.2 Å². The Bertz CT molecular complexity index is 546. The standard InChI is InChI=1S/C18H27N3O2.ClH/c1-13(2)10-16(19)18(23)20-11-14-5-7-15(8-6-14)12-21-9-3-4-17(21)22;/h5-8,13,16H,3-4,9-12,19H2,1-2H3,(H,20,23);1H/t16-;/m0./s1. The van der Waals surface area contributed by atoms with E-state index in [-0.39, 0.29) is 24.2 Å². The lowest BCUT2D eigenvalue weighted by Gasteiger charge is -2.16. The van der Waals surface area contributed by atoms with Crippen LogP contribution in [0.3, 0.4) is 0 Å². The molecule has 6 heteroatoms. The molecule has 3 N–H and O–H groups in total. The normalized spacial score (nSPS) is 15.3. The Morgan fingerprint density at radius 1 is 1.25 bits per heavy atom. The van der Waals surface area contributed by atoms with E-state index in [2.05, 4.69) is 19.2 Å². The third-order valence-electron chi connectivity index (χ3n) is 4.10. The number of carbonyl (C=O) groups excluding carboxylic acids is 2. The third-order valence-corrected chi connectivity index (χ3v) is 4.10. The summed E-state index contributed by atoms with van der Waals surface area (Å²) in [5, 5.41) is 2.88. The van der Waals surface area contributed by atoms with E-state index < -0.39 is 6.04 Å². The maximum absolute atomic E-state index is 11.9. The van der Waals surface area contributed by atoms with Crippen LogP contribution in [0.2, 0.25) is 0 Å². The first-order valence-corrected chi connectivity index (χ1v) is 8.34. The highest BCUT2D eigenvalue weighted by atomic mass is 35.5. The second kappa shape index (κ2) is 9.64. The first kappa shape index (κ1) is 20.5. The van der Waals surface area contributed by atoms with E-state index in [0.717, 1.165) is 24.1 Å². The Morgan fingerprint density at radius 2 is 1.88 bits per heavy atom. The van der Waals surface area contributed by atoms with Crippen molar-refractivity contribution in [2.45, 2.75) is 52.2 Å². The summed E-state index contributed by atoms with van der Waals surface area (Å²) in [6.45, 7) is 6.11. The van der Waals surface area contributed by atoms with Crippen LogP contribution < -0.4 is 11.1 Å². The van der Waals surface area contributed by atoms with Gasteiger partial charge in [-0.15, -0.1) is 12.4 Å². The molecule has 2 rings (SSSR count). The molecule has 0 aromatic heterocycles. The minimum Gasteiger partial charge on any atom is -0.351 e. The zero-order valence-corrected chi connectivity index (χ0v) is 15.3. The number of halogens is 1. The molecule has 1 aromatic carbocycles. The van der Waals surface area contributed by atoms with Crippen LogP contribution in [0.25, 0.3) is 0 Å². The smallest absolute Gasteiger partial charge is 0.237 e. The number of hydrogen-bond donors (Lipinski definition) is 2. The monoisotopic (exact) mass is 353 g/mol. The van der Waals surface area contributed by atoms with Crippen molar-refractivity contribution in [3.05, 3.63) is 35.4 Å². The lowest BCUT2D eigenvalue weighted by molar-refractivity contribution is -0.128. The number of nitrogens with one attached hydrogen (secondary N) is 1. The van der Waals surface area contributed by atoms with Gasteiger partial charge in [0, 0.05) is 26.1 Å². The van der Waals surface area contributed by atoms with Gasteiger partial charge in [0.15, 0.2) is 0 Å². The van der Waals surface area contributed by atoms with Crippen LogP contribution in [-0.2, 0) is 22.7 Å². The number of nitrogens with zero attached hydrogens (tertiary/aromatic N) is 1. The van der Waals surface area contributed by atoms with Crippen LogP contribution in [0.4, 0.5) is 0 Å². The summed E-state index contributed by atoms with van der Waals surface area (Å²) in [6, 6.07) is 7.56. The van der Waals surface area contributed by atoms with Gasteiger partial charge in [-0.25, -0.2) is 0 Å². The number of rotatable bonds is 7. The van der Waals surface area contributed by atoms with E-state index >= 15 is 0 Å². The summed E-state index contributed by atoms with van der Waals surface area (Å²) in [5.74, 6) is 0.536. The van der Waals surface area contributed by atoms with E-state index in [0.29, 0.717) is 31.8 Å². The van der Waals surface area contributed by atoms with Gasteiger partial charge in [-0.05, 0) is 29.9 Å². The van der Waals surface area contributed by atoms with Crippen LogP contribution in [0, 0.1) is 5.92 Å². The van der Waals surface area contributed by atoms with Gasteiger partial charge >= 0.3 is 0 Å². The number of hydrogen-bond acceptors (Lipinski definition) is 3. The molecule has 1 aliphatic rings. The minimum absolute atomic E-state index is 0. The largest absolute Gasteiger partial charge is 0.351 e. The molecule has 0 saturated carbocycles. The van der Waals surface area contributed by atoms with Crippen molar-refractivity contribution in [1.29, 1.82) is 0 Å². The van der Waals surface area contributed by atoms with E-state index in [1.807, 2.05) is 29.2 Å². The molecule has 1 fully saturated rings. The fourth-order valence-corrected chi connectivity index (χ4v) is 2.79. The first-order chi connectivity index (χ1) is 11.0. The van der Waals surface area contributed by atoms with Gasteiger partial charge in [0.1, 0.15) is 0 Å². The van der Waals surface area contributed by atoms with Gasteiger partial charge in [0.2, 0.25) is 11.8 Å². The fourth-order valence-electron chi connectivity index (χ4n) is 2.79. The highest BCUT2D eigenvalue weighted by Crippen LogP contribution is 2.14. The molecule has 0 unspecified atom stereocenters. The molecule has 1 saturated heterocycles. The Kier molecular flexibility index (Phi) is 8.22. The highest BCUT2D eigenvalue weighted by molar-refractivity contribution is 5.85. The van der Waals surface area contributed by atoms with Crippen LogP contribution in [0.5, 0.6) is 0 Å². The molecular weight excluding hydrogens is 326 g/mol. The topological polar surface area (TPSA) is 75.4 Å². The maximum atomic E-state index is 11.9. The molecule has 0 aliphatic carbocycles. The molecule has 134 valence electrons. The maximum Gasteiger partial charge on any atom is 0.237 e. The van der Waals surface area contributed by atoms with Crippen LogP contribution in [-0.4, -0.2) is 29.3 Å². The number of amides is 2. The molecule has 1 atom stereocenters. The van der Waals surface area contributed by atoms with Gasteiger partial charge in [-0.3, -0.25) is 9.59 Å². The quantitative estimate of drug-likeness (QED) is 0.789. The second-order valence-electron chi connectivity index (χ2n) is 6.69. The third kappa shape index (κ3) is 6.13. The average molecular weight is 354 g/mol. The molecule has 1 aliphatic heterocycles. The lowest BCUT2D eigenvalue weighted by atomic mass is 10.0. The van der Waals surface area contributed by atoms with Gasteiger partial charge in [0.25, 0.3) is 0 Å². The zero-order chi connectivity index (χ0) is 16.8. The molecule has 1 heterocycles. The summed E-state index contributed by atoms with van der Waals surface area (Å²) in [7, 11) is 0. The van der Waals surface area contributed by atoms with Crippen molar-refractivity contribution < 1.29 is 9.59 Å². The Balaban J connectivity index is 0.00000288. The molecule has 24 heavy (non-hydrogen) atoms. The summed E-state index contributed by atoms with van der Waals surface area (Å²) < 4.78 is 0. The number of nitrogens with two attached hydrogens (primary N) is 1. The van der Waals surface area contributed by atoms with Gasteiger partial charge in [-0.1, -0.05) is 38.1 Å². The van der Waals surface area contributed by atoms with Gasteiger partial charge in [-0.2, -0.15) is 0 Å². The van der Waals surface area contributed by atoms with Crippen LogP contribution >= 0.6 is 12.4 Å². The summed E-state index contributed by atoms with van der Waals surface area (Å²) in [4.78, 5) is 25.4. The molecule has 0 radical (unpaired) electrons. The van der Waals surface area contributed by atoms with Crippen molar-refractivity contribution in [2.24, 2.45) is 11.7 Å².